The number of hydrogen-bond acceptors (Lipinski definition) is 4. The van der Waals surface area contributed by atoms with E-state index in [9.17, 15) is 4.79 Å². The van der Waals surface area contributed by atoms with E-state index in [4.69, 9.17) is 0 Å². The molecule has 0 aromatic carbocycles. The average molecular weight is 241 g/mol. The van der Waals surface area contributed by atoms with Crippen LogP contribution in [0.3, 0.4) is 0 Å². The first-order chi connectivity index (χ1) is 7.58. The third-order valence-corrected chi connectivity index (χ3v) is 3.24. The summed E-state index contributed by atoms with van der Waals surface area (Å²) in [4.78, 5) is 17.8. The van der Waals surface area contributed by atoms with Crippen molar-refractivity contribution in [2.75, 3.05) is 12.3 Å². The van der Waals surface area contributed by atoms with Gasteiger partial charge in [0.2, 0.25) is 0 Å². The van der Waals surface area contributed by atoms with Gasteiger partial charge in [-0.3, -0.25) is 4.79 Å². The minimum absolute atomic E-state index is 0.0922. The van der Waals surface area contributed by atoms with E-state index in [0.29, 0.717) is 17.1 Å². The Labute approximate surface area is 100 Å². The van der Waals surface area contributed by atoms with Gasteiger partial charge in [-0.25, -0.2) is 4.98 Å². The Balaban J connectivity index is 2.31. The molecule has 90 valence electrons. The van der Waals surface area contributed by atoms with Crippen molar-refractivity contribution in [3.63, 3.8) is 0 Å². The number of hydrogen-bond donors (Lipinski definition) is 2. The molecule has 0 saturated carbocycles. The summed E-state index contributed by atoms with van der Waals surface area (Å²) in [6.45, 7) is 7.44. The molecule has 1 atom stereocenters. The molecule has 0 spiro atoms. The molecule has 0 aliphatic rings. The van der Waals surface area contributed by atoms with Crippen LogP contribution < -0.4 is 10.9 Å². The molecule has 1 aromatic rings. The molecular weight excluding hydrogens is 222 g/mol. The fourth-order valence-corrected chi connectivity index (χ4v) is 2.01. The molecule has 0 radical (unpaired) electrons. The van der Waals surface area contributed by atoms with E-state index in [-0.39, 0.29) is 5.56 Å². The first-order valence-corrected chi connectivity index (χ1v) is 6.48. The summed E-state index contributed by atoms with van der Waals surface area (Å²) in [5.41, 5.74) is -0.0922. The Kier molecular flexibility index (Phi) is 5.55. The van der Waals surface area contributed by atoms with Crippen LogP contribution in [0.15, 0.2) is 22.2 Å². The molecule has 1 rings (SSSR count). The summed E-state index contributed by atoms with van der Waals surface area (Å²) in [6, 6.07) is 1.94. The highest BCUT2D eigenvalue weighted by Crippen LogP contribution is 2.14. The topological polar surface area (TPSA) is 57.8 Å². The molecule has 2 N–H and O–H groups in total. The van der Waals surface area contributed by atoms with Gasteiger partial charge in [-0.1, -0.05) is 32.5 Å². The third kappa shape index (κ3) is 5.32. The summed E-state index contributed by atoms with van der Waals surface area (Å²) in [5.74, 6) is 1.50. The van der Waals surface area contributed by atoms with Gasteiger partial charge < -0.3 is 10.3 Å². The molecule has 0 bridgehead atoms. The number of aromatic nitrogens is 2. The van der Waals surface area contributed by atoms with Crippen molar-refractivity contribution in [3.05, 3.63) is 22.6 Å². The maximum Gasteiger partial charge on any atom is 0.251 e. The zero-order valence-electron chi connectivity index (χ0n) is 9.99. The standard InChI is InChI=1S/C11H19N3OS/c1-8(2)13-6-9(3)7-16-11-12-5-4-10(15)14-11/h4-5,8-9,13H,6-7H2,1-3H3,(H,12,14,15). The van der Waals surface area contributed by atoms with Gasteiger partial charge in [-0.05, 0) is 12.5 Å². The van der Waals surface area contributed by atoms with Gasteiger partial charge in [0.25, 0.3) is 5.56 Å². The van der Waals surface area contributed by atoms with E-state index >= 15 is 0 Å². The van der Waals surface area contributed by atoms with Crippen molar-refractivity contribution >= 4 is 11.8 Å². The first kappa shape index (κ1) is 13.3. The molecule has 0 aliphatic heterocycles. The number of H-pyrrole nitrogens is 1. The summed E-state index contributed by atoms with van der Waals surface area (Å²) in [7, 11) is 0. The normalized spacial score (nSPS) is 13.0. The molecule has 0 fully saturated rings. The number of nitrogens with zero attached hydrogens (tertiary/aromatic N) is 1. The van der Waals surface area contributed by atoms with Gasteiger partial charge in [0.05, 0.1) is 0 Å². The highest BCUT2D eigenvalue weighted by Gasteiger charge is 2.05. The Hall–Kier alpha value is -0.810. The van der Waals surface area contributed by atoms with E-state index < -0.39 is 0 Å². The van der Waals surface area contributed by atoms with Crippen molar-refractivity contribution in [3.8, 4) is 0 Å². The lowest BCUT2D eigenvalue weighted by Gasteiger charge is -2.13. The van der Waals surface area contributed by atoms with E-state index in [1.807, 2.05) is 0 Å². The highest BCUT2D eigenvalue weighted by molar-refractivity contribution is 7.99. The fraction of sp³-hybridized carbons (Fsp3) is 0.636. The van der Waals surface area contributed by atoms with E-state index in [1.165, 1.54) is 12.3 Å². The molecule has 0 amide bonds. The molecule has 16 heavy (non-hydrogen) atoms. The molecule has 0 saturated heterocycles. The summed E-state index contributed by atoms with van der Waals surface area (Å²) >= 11 is 1.59. The fourth-order valence-electron chi connectivity index (χ4n) is 1.14. The van der Waals surface area contributed by atoms with Gasteiger partial charge >= 0.3 is 0 Å². The minimum Gasteiger partial charge on any atom is -0.314 e. The zero-order valence-corrected chi connectivity index (χ0v) is 10.8. The van der Waals surface area contributed by atoms with Crippen LogP contribution in [-0.4, -0.2) is 28.3 Å². The van der Waals surface area contributed by atoms with E-state index in [0.717, 1.165) is 12.3 Å². The van der Waals surface area contributed by atoms with Gasteiger partial charge in [-0.15, -0.1) is 0 Å². The van der Waals surface area contributed by atoms with Gasteiger partial charge in [0.15, 0.2) is 5.16 Å². The Morgan fingerprint density at radius 1 is 1.50 bits per heavy atom. The van der Waals surface area contributed by atoms with Crippen LogP contribution in [0.5, 0.6) is 0 Å². The molecule has 1 aromatic heterocycles. The van der Waals surface area contributed by atoms with Crippen LogP contribution in [0.4, 0.5) is 0 Å². The number of rotatable bonds is 6. The summed E-state index contributed by atoms with van der Waals surface area (Å²) in [6.07, 6.45) is 1.54. The smallest absolute Gasteiger partial charge is 0.251 e. The van der Waals surface area contributed by atoms with Crippen LogP contribution in [0, 0.1) is 5.92 Å². The van der Waals surface area contributed by atoms with Crippen LogP contribution in [0.25, 0.3) is 0 Å². The van der Waals surface area contributed by atoms with Gasteiger partial charge in [0, 0.05) is 24.1 Å². The molecule has 1 heterocycles. The Morgan fingerprint density at radius 3 is 2.88 bits per heavy atom. The second-order valence-electron chi connectivity index (χ2n) is 4.22. The lowest BCUT2D eigenvalue weighted by atomic mass is 10.2. The predicted molar refractivity (Wildman–Crippen MR) is 67.9 cm³/mol. The highest BCUT2D eigenvalue weighted by atomic mass is 32.2. The van der Waals surface area contributed by atoms with E-state index in [1.54, 1.807) is 11.8 Å². The number of nitrogens with one attached hydrogen (secondary N) is 2. The Morgan fingerprint density at radius 2 is 2.25 bits per heavy atom. The lowest BCUT2D eigenvalue weighted by Crippen LogP contribution is -2.28. The zero-order chi connectivity index (χ0) is 12.0. The van der Waals surface area contributed by atoms with Crippen LogP contribution in [0.1, 0.15) is 20.8 Å². The van der Waals surface area contributed by atoms with Crippen LogP contribution in [-0.2, 0) is 0 Å². The van der Waals surface area contributed by atoms with E-state index in [2.05, 4.69) is 36.1 Å². The lowest BCUT2D eigenvalue weighted by molar-refractivity contribution is 0.510. The second-order valence-corrected chi connectivity index (χ2v) is 5.23. The maximum atomic E-state index is 11.0. The monoisotopic (exact) mass is 241 g/mol. The predicted octanol–water partition coefficient (Wildman–Crippen LogP) is 1.50. The number of aromatic amines is 1. The van der Waals surface area contributed by atoms with Gasteiger partial charge in [-0.2, -0.15) is 0 Å². The van der Waals surface area contributed by atoms with Gasteiger partial charge in [0.1, 0.15) is 0 Å². The second kappa shape index (κ2) is 6.70. The average Bonchev–Trinajstić information content (AvgIpc) is 2.23. The van der Waals surface area contributed by atoms with Crippen molar-refractivity contribution in [1.82, 2.24) is 15.3 Å². The van der Waals surface area contributed by atoms with Crippen molar-refractivity contribution in [1.29, 1.82) is 0 Å². The third-order valence-electron chi connectivity index (χ3n) is 2.03. The summed E-state index contributed by atoms with van der Waals surface area (Å²) in [5, 5.41) is 4.09. The molecule has 1 unspecified atom stereocenters. The largest absolute Gasteiger partial charge is 0.314 e. The van der Waals surface area contributed by atoms with Crippen LogP contribution >= 0.6 is 11.8 Å². The minimum atomic E-state index is -0.0922. The first-order valence-electron chi connectivity index (χ1n) is 5.49. The molecule has 0 aliphatic carbocycles. The SMILES string of the molecule is CC(CNC(C)C)CSc1nccc(=O)[nH]1. The maximum absolute atomic E-state index is 11.0. The number of thioether (sulfide) groups is 1. The molecule has 5 heteroatoms. The van der Waals surface area contributed by atoms with Crippen molar-refractivity contribution in [2.24, 2.45) is 5.92 Å². The molecular formula is C11H19N3OS. The molecule has 4 nitrogen and oxygen atoms in total. The van der Waals surface area contributed by atoms with Crippen molar-refractivity contribution in [2.45, 2.75) is 32.0 Å². The van der Waals surface area contributed by atoms with Crippen molar-refractivity contribution < 1.29 is 0 Å². The Bertz CT molecular complexity index is 364. The van der Waals surface area contributed by atoms with Crippen LogP contribution in [0.2, 0.25) is 0 Å². The summed E-state index contributed by atoms with van der Waals surface area (Å²) < 4.78 is 0. The quantitative estimate of drug-likeness (QED) is 0.585.